The summed E-state index contributed by atoms with van der Waals surface area (Å²) in [7, 11) is 1.87. The van der Waals surface area contributed by atoms with Gasteiger partial charge >= 0.3 is 6.18 Å². The number of carbonyl (C=O) groups excluding carboxylic acids is 1. The van der Waals surface area contributed by atoms with Gasteiger partial charge in [-0.2, -0.15) is 13.2 Å². The van der Waals surface area contributed by atoms with Crippen LogP contribution in [0.25, 0.3) is 0 Å². The van der Waals surface area contributed by atoms with Gasteiger partial charge < -0.3 is 10.2 Å². The Kier molecular flexibility index (Phi) is 4.99. The predicted molar refractivity (Wildman–Crippen MR) is 85.9 cm³/mol. The maximum absolute atomic E-state index is 13.3. The van der Waals surface area contributed by atoms with E-state index in [0.717, 1.165) is 12.8 Å². The van der Waals surface area contributed by atoms with E-state index in [4.69, 9.17) is 0 Å². The topological polar surface area (TPSA) is 58.1 Å². The molecule has 2 heterocycles. The molecule has 0 spiro atoms. The molecule has 0 saturated carbocycles. The summed E-state index contributed by atoms with van der Waals surface area (Å²) in [6.07, 6.45) is -1.59. The molecule has 0 radical (unpaired) electrons. The lowest BCUT2D eigenvalue weighted by molar-refractivity contribution is -0.143. The number of likely N-dealkylation sites (tertiary alicyclic amines) is 1. The number of carbonyl (C=O) groups is 1. The Morgan fingerprint density at radius 3 is 2.72 bits per heavy atom. The number of piperidine rings is 1. The van der Waals surface area contributed by atoms with E-state index < -0.39 is 17.8 Å². The lowest BCUT2D eigenvalue weighted by atomic mass is 9.84. The fourth-order valence-electron chi connectivity index (χ4n) is 3.85. The van der Waals surface area contributed by atoms with E-state index >= 15 is 0 Å². The summed E-state index contributed by atoms with van der Waals surface area (Å²) >= 11 is 0. The summed E-state index contributed by atoms with van der Waals surface area (Å²) in [6.45, 7) is 2.77. The highest BCUT2D eigenvalue weighted by atomic mass is 19.4. The molecule has 1 N–H and O–H groups in total. The number of nitrogens with zero attached hydrogens (tertiary/aromatic N) is 3. The molecular formula is C17H23F3N4O. The molecule has 3 rings (SSSR count). The average molecular weight is 356 g/mol. The number of hydrogen-bond acceptors (Lipinski definition) is 4. The highest BCUT2D eigenvalue weighted by Gasteiger charge is 2.40. The molecule has 1 fully saturated rings. The lowest BCUT2D eigenvalue weighted by Gasteiger charge is -2.36. The van der Waals surface area contributed by atoms with Gasteiger partial charge in [0.1, 0.15) is 5.82 Å². The summed E-state index contributed by atoms with van der Waals surface area (Å²) in [4.78, 5) is 22.4. The highest BCUT2D eigenvalue weighted by Crippen LogP contribution is 2.36. The van der Waals surface area contributed by atoms with Crippen LogP contribution in [-0.2, 0) is 23.8 Å². The molecule has 0 aromatic carbocycles. The molecule has 5 nitrogen and oxygen atoms in total. The van der Waals surface area contributed by atoms with Gasteiger partial charge in [0.15, 0.2) is 5.69 Å². The second-order valence-corrected chi connectivity index (χ2v) is 6.89. The van der Waals surface area contributed by atoms with E-state index in [1.807, 2.05) is 7.05 Å². The largest absolute Gasteiger partial charge is 0.433 e. The monoisotopic (exact) mass is 356 g/mol. The van der Waals surface area contributed by atoms with Crippen molar-refractivity contribution in [3.8, 4) is 0 Å². The SMILES string of the molecule is CNC1CCCN(C(=O)C2CCc3nc(C)nc(C(F)(F)F)c3C2)C1. The van der Waals surface area contributed by atoms with Crippen molar-refractivity contribution in [1.82, 2.24) is 20.2 Å². The maximum Gasteiger partial charge on any atom is 0.433 e. The second kappa shape index (κ2) is 6.90. The van der Waals surface area contributed by atoms with Crippen molar-refractivity contribution in [2.24, 2.45) is 5.92 Å². The maximum atomic E-state index is 13.3. The zero-order valence-electron chi connectivity index (χ0n) is 14.5. The molecule has 1 aromatic heterocycles. The van der Waals surface area contributed by atoms with Crippen molar-refractivity contribution in [1.29, 1.82) is 0 Å². The van der Waals surface area contributed by atoms with E-state index in [1.165, 1.54) is 6.92 Å². The third-order valence-electron chi connectivity index (χ3n) is 5.14. The van der Waals surface area contributed by atoms with E-state index in [1.54, 1.807) is 4.90 Å². The number of aryl methyl sites for hydroxylation is 2. The second-order valence-electron chi connectivity index (χ2n) is 6.89. The van der Waals surface area contributed by atoms with Crippen molar-refractivity contribution in [3.05, 3.63) is 22.8 Å². The van der Waals surface area contributed by atoms with Gasteiger partial charge in [0.25, 0.3) is 0 Å². The van der Waals surface area contributed by atoms with Gasteiger partial charge in [0, 0.05) is 36.3 Å². The molecule has 25 heavy (non-hydrogen) atoms. The first-order chi connectivity index (χ1) is 11.8. The predicted octanol–water partition coefficient (Wildman–Crippen LogP) is 2.12. The van der Waals surface area contributed by atoms with Crippen LogP contribution in [0.5, 0.6) is 0 Å². The first-order valence-corrected chi connectivity index (χ1v) is 8.69. The van der Waals surface area contributed by atoms with E-state index in [-0.39, 0.29) is 29.8 Å². The number of hydrogen-bond donors (Lipinski definition) is 1. The van der Waals surface area contributed by atoms with Crippen molar-refractivity contribution >= 4 is 5.91 Å². The van der Waals surface area contributed by atoms with Gasteiger partial charge in [-0.1, -0.05) is 0 Å². The molecule has 1 aromatic rings. The minimum atomic E-state index is -4.52. The van der Waals surface area contributed by atoms with Crippen LogP contribution in [0.1, 0.15) is 42.0 Å². The minimum absolute atomic E-state index is 0.0423. The van der Waals surface area contributed by atoms with E-state index in [9.17, 15) is 18.0 Å². The van der Waals surface area contributed by atoms with Gasteiger partial charge in [-0.05, 0) is 46.1 Å². The van der Waals surface area contributed by atoms with Crippen molar-refractivity contribution in [3.63, 3.8) is 0 Å². The Balaban J connectivity index is 1.82. The fraction of sp³-hybridized carbons (Fsp3) is 0.706. The number of aromatic nitrogens is 2. The Bertz CT molecular complexity index is 662. The van der Waals surface area contributed by atoms with Crippen LogP contribution < -0.4 is 5.32 Å². The number of rotatable bonds is 2. The van der Waals surface area contributed by atoms with Crippen LogP contribution in [-0.4, -0.2) is 47.0 Å². The van der Waals surface area contributed by atoms with Crippen molar-refractivity contribution in [2.45, 2.75) is 51.2 Å². The summed E-state index contributed by atoms with van der Waals surface area (Å²) in [5.41, 5.74) is -0.334. The molecule has 2 unspecified atom stereocenters. The first-order valence-electron chi connectivity index (χ1n) is 8.69. The molecule has 1 saturated heterocycles. The molecule has 138 valence electrons. The number of nitrogens with one attached hydrogen (secondary N) is 1. The van der Waals surface area contributed by atoms with Crippen LogP contribution in [0.4, 0.5) is 13.2 Å². The van der Waals surface area contributed by atoms with Gasteiger partial charge in [0.05, 0.1) is 0 Å². The molecule has 8 heteroatoms. The Labute approximate surface area is 145 Å². The van der Waals surface area contributed by atoms with E-state index in [2.05, 4.69) is 15.3 Å². The van der Waals surface area contributed by atoms with Crippen LogP contribution >= 0.6 is 0 Å². The number of fused-ring (bicyclic) bond motifs is 1. The normalized spacial score (nSPS) is 24.1. The summed E-state index contributed by atoms with van der Waals surface area (Å²) < 4.78 is 40.0. The number of amides is 1. The molecule has 2 aliphatic rings. The quantitative estimate of drug-likeness (QED) is 0.882. The van der Waals surface area contributed by atoms with Crippen LogP contribution in [0, 0.1) is 12.8 Å². The molecule has 1 aliphatic carbocycles. The van der Waals surface area contributed by atoms with Crippen LogP contribution in [0.15, 0.2) is 0 Å². The van der Waals surface area contributed by atoms with Gasteiger partial charge in [0.2, 0.25) is 5.91 Å². The fourth-order valence-corrected chi connectivity index (χ4v) is 3.85. The third kappa shape index (κ3) is 3.78. The van der Waals surface area contributed by atoms with Gasteiger partial charge in [-0.25, -0.2) is 9.97 Å². The summed E-state index contributed by atoms with van der Waals surface area (Å²) in [6, 6.07) is 0.255. The number of alkyl halides is 3. The van der Waals surface area contributed by atoms with Crippen LogP contribution in [0.3, 0.4) is 0 Å². The molecule has 1 aliphatic heterocycles. The zero-order chi connectivity index (χ0) is 18.2. The third-order valence-corrected chi connectivity index (χ3v) is 5.14. The Morgan fingerprint density at radius 1 is 1.28 bits per heavy atom. The first kappa shape index (κ1) is 18.1. The number of halogens is 3. The summed E-state index contributed by atoms with van der Waals surface area (Å²) in [5, 5.41) is 3.18. The summed E-state index contributed by atoms with van der Waals surface area (Å²) in [5.74, 6) is -0.335. The standard InChI is InChI=1S/C17H23F3N4O/c1-10-22-14-6-5-11(8-13(14)15(23-10)17(18,19)20)16(25)24-7-3-4-12(9-24)21-2/h11-12,21H,3-9H2,1-2H3. The Hall–Kier alpha value is -1.70. The molecular weight excluding hydrogens is 333 g/mol. The number of likely N-dealkylation sites (N-methyl/N-ethyl adjacent to an activating group) is 1. The smallest absolute Gasteiger partial charge is 0.341 e. The van der Waals surface area contributed by atoms with Crippen molar-refractivity contribution < 1.29 is 18.0 Å². The minimum Gasteiger partial charge on any atom is -0.341 e. The van der Waals surface area contributed by atoms with Gasteiger partial charge in [-0.15, -0.1) is 0 Å². The lowest BCUT2D eigenvalue weighted by Crippen LogP contribution is -2.49. The molecule has 0 bridgehead atoms. The van der Waals surface area contributed by atoms with Crippen molar-refractivity contribution in [2.75, 3.05) is 20.1 Å². The van der Waals surface area contributed by atoms with Crippen LogP contribution in [0.2, 0.25) is 0 Å². The van der Waals surface area contributed by atoms with E-state index in [0.29, 0.717) is 31.6 Å². The Morgan fingerprint density at radius 2 is 2.04 bits per heavy atom. The molecule has 1 amide bonds. The zero-order valence-corrected chi connectivity index (χ0v) is 14.5. The average Bonchev–Trinajstić information content (AvgIpc) is 2.59. The highest BCUT2D eigenvalue weighted by molar-refractivity contribution is 5.79. The van der Waals surface area contributed by atoms with Gasteiger partial charge in [-0.3, -0.25) is 4.79 Å². The molecule has 2 atom stereocenters.